The van der Waals surface area contributed by atoms with Crippen molar-refractivity contribution in [2.24, 2.45) is 7.05 Å². The summed E-state index contributed by atoms with van der Waals surface area (Å²) in [5.41, 5.74) is 2.16. The number of amides is 3. The second kappa shape index (κ2) is 12.5. The minimum absolute atomic E-state index is 0.155. The van der Waals surface area contributed by atoms with Gasteiger partial charge in [-0.05, 0) is 43.5 Å². The summed E-state index contributed by atoms with van der Waals surface area (Å²) in [5.74, 6) is 0.472. The number of rotatable bonds is 10. The number of carbonyl (C=O) groups is 3. The molecule has 200 valence electrons. The number of hydrogen-bond donors (Lipinski definition) is 1. The van der Waals surface area contributed by atoms with Gasteiger partial charge in [0.25, 0.3) is 11.8 Å². The number of methoxy groups -OCH3 is 3. The molecule has 11 nitrogen and oxygen atoms in total. The molecule has 1 fully saturated rings. The van der Waals surface area contributed by atoms with Gasteiger partial charge in [0.15, 0.2) is 11.5 Å². The Balaban J connectivity index is 1.54. The number of nitrogens with one attached hydrogen (secondary N) is 1. The van der Waals surface area contributed by atoms with Crippen molar-refractivity contribution in [3.8, 4) is 17.2 Å². The first-order valence-corrected chi connectivity index (χ1v) is 12.1. The summed E-state index contributed by atoms with van der Waals surface area (Å²) in [6.07, 6.45) is 4.18. The minimum Gasteiger partial charge on any atom is -0.493 e. The van der Waals surface area contributed by atoms with E-state index in [9.17, 15) is 14.4 Å². The van der Waals surface area contributed by atoms with Crippen LogP contribution < -0.4 is 19.5 Å². The van der Waals surface area contributed by atoms with Crippen LogP contribution in [0.2, 0.25) is 5.15 Å². The number of benzene rings is 1. The van der Waals surface area contributed by atoms with Crippen molar-refractivity contribution in [3.63, 3.8) is 0 Å². The van der Waals surface area contributed by atoms with Gasteiger partial charge in [0, 0.05) is 38.2 Å². The van der Waals surface area contributed by atoms with Gasteiger partial charge in [-0.15, -0.1) is 0 Å². The highest BCUT2D eigenvalue weighted by molar-refractivity contribution is 6.31. The number of hydrogen-bond acceptors (Lipinski definition) is 7. The molecule has 0 aliphatic carbocycles. The van der Waals surface area contributed by atoms with Crippen molar-refractivity contribution in [2.75, 3.05) is 41.0 Å². The van der Waals surface area contributed by atoms with E-state index in [2.05, 4.69) is 10.4 Å². The molecule has 1 aromatic heterocycles. The van der Waals surface area contributed by atoms with Crippen molar-refractivity contribution in [3.05, 3.63) is 40.2 Å². The lowest BCUT2D eigenvalue weighted by Gasteiger charge is -2.27. The predicted octanol–water partition coefficient (Wildman–Crippen LogP) is 2.15. The van der Waals surface area contributed by atoms with Gasteiger partial charge in [-0.3, -0.25) is 19.1 Å². The molecule has 0 saturated carbocycles. The summed E-state index contributed by atoms with van der Waals surface area (Å²) in [6, 6.07) is 3.56. The van der Waals surface area contributed by atoms with Gasteiger partial charge in [0.2, 0.25) is 11.7 Å². The molecule has 37 heavy (non-hydrogen) atoms. The highest BCUT2D eigenvalue weighted by atomic mass is 35.5. The normalized spacial score (nSPS) is 13.2. The first-order valence-electron chi connectivity index (χ1n) is 11.7. The molecule has 1 saturated heterocycles. The fourth-order valence-corrected chi connectivity index (χ4v) is 4.31. The third-order valence-electron chi connectivity index (χ3n) is 5.96. The molecule has 0 radical (unpaired) electrons. The second-order valence-corrected chi connectivity index (χ2v) is 8.75. The monoisotopic (exact) mass is 533 g/mol. The standard InChI is InChI=1S/C25H32ClN5O6/c1-16-18(25(26)29(2)28-16)8-10-22(33)30-11-6-12-31(30)23(34)15-27-21(32)9-7-17-13-19(35-3)24(37-5)20(14-17)36-4/h8,10,13-14H,6-7,9,11-12,15H2,1-5H3,(H,27,32). The Morgan fingerprint density at radius 1 is 1.08 bits per heavy atom. The summed E-state index contributed by atoms with van der Waals surface area (Å²) in [7, 11) is 6.29. The molecule has 0 unspecified atom stereocenters. The molecular weight excluding hydrogens is 502 g/mol. The molecule has 1 aliphatic rings. The predicted molar refractivity (Wildman–Crippen MR) is 137 cm³/mol. The van der Waals surface area contributed by atoms with Crippen LogP contribution in [0.3, 0.4) is 0 Å². The topological polar surface area (TPSA) is 115 Å². The first-order chi connectivity index (χ1) is 17.7. The van der Waals surface area contributed by atoms with E-state index in [-0.39, 0.29) is 30.7 Å². The molecule has 1 aliphatic heterocycles. The lowest BCUT2D eigenvalue weighted by atomic mass is 10.1. The van der Waals surface area contributed by atoms with Crippen LogP contribution in [-0.2, 0) is 27.9 Å². The molecule has 0 spiro atoms. The quantitative estimate of drug-likeness (QED) is 0.465. The van der Waals surface area contributed by atoms with Crippen LogP contribution >= 0.6 is 11.6 Å². The summed E-state index contributed by atoms with van der Waals surface area (Å²) >= 11 is 6.22. The molecule has 3 rings (SSSR count). The maximum atomic E-state index is 12.8. The SMILES string of the molecule is COc1cc(CCC(=O)NCC(=O)N2CCCN2C(=O)C=Cc2c(C)nn(C)c2Cl)cc(OC)c1OC. The Hall–Kier alpha value is -3.73. The lowest BCUT2D eigenvalue weighted by molar-refractivity contribution is -0.154. The van der Waals surface area contributed by atoms with E-state index in [0.717, 1.165) is 5.56 Å². The lowest BCUT2D eigenvalue weighted by Crippen LogP contribution is -2.48. The maximum Gasteiger partial charge on any atom is 0.265 e. The van der Waals surface area contributed by atoms with E-state index >= 15 is 0 Å². The summed E-state index contributed by atoms with van der Waals surface area (Å²) < 4.78 is 17.5. The Kier molecular flexibility index (Phi) is 9.40. The van der Waals surface area contributed by atoms with Gasteiger partial charge in [-0.2, -0.15) is 5.10 Å². The van der Waals surface area contributed by atoms with Crippen LogP contribution in [0, 0.1) is 6.92 Å². The molecular formula is C25H32ClN5O6. The van der Waals surface area contributed by atoms with Crippen LogP contribution in [0.1, 0.15) is 29.7 Å². The van der Waals surface area contributed by atoms with Crippen LogP contribution in [0.4, 0.5) is 0 Å². The Morgan fingerprint density at radius 2 is 1.73 bits per heavy atom. The zero-order chi connectivity index (χ0) is 27.1. The van der Waals surface area contributed by atoms with Crippen molar-refractivity contribution < 1.29 is 28.6 Å². The first kappa shape index (κ1) is 27.9. The van der Waals surface area contributed by atoms with E-state index in [1.165, 1.54) is 42.1 Å². The molecule has 2 heterocycles. The van der Waals surface area contributed by atoms with Gasteiger partial charge in [0.1, 0.15) is 5.15 Å². The van der Waals surface area contributed by atoms with Crippen molar-refractivity contribution in [1.29, 1.82) is 0 Å². The summed E-state index contributed by atoms with van der Waals surface area (Å²) in [4.78, 5) is 38.0. The average molecular weight is 534 g/mol. The Bertz CT molecular complexity index is 1170. The zero-order valence-electron chi connectivity index (χ0n) is 21.7. The third kappa shape index (κ3) is 6.53. The van der Waals surface area contributed by atoms with Crippen molar-refractivity contribution in [2.45, 2.75) is 26.2 Å². The highest BCUT2D eigenvalue weighted by Crippen LogP contribution is 2.38. The van der Waals surface area contributed by atoms with Crippen molar-refractivity contribution in [1.82, 2.24) is 25.1 Å². The third-order valence-corrected chi connectivity index (χ3v) is 6.41. The van der Waals surface area contributed by atoms with E-state index in [1.54, 1.807) is 32.2 Å². The van der Waals surface area contributed by atoms with E-state index < -0.39 is 0 Å². The summed E-state index contributed by atoms with van der Waals surface area (Å²) in [6.45, 7) is 2.39. The largest absolute Gasteiger partial charge is 0.493 e. The Morgan fingerprint density at radius 3 is 2.30 bits per heavy atom. The molecule has 0 atom stereocenters. The number of aryl methyl sites for hydroxylation is 3. The van der Waals surface area contributed by atoms with Crippen molar-refractivity contribution >= 4 is 35.4 Å². The van der Waals surface area contributed by atoms with Crippen LogP contribution in [0.15, 0.2) is 18.2 Å². The highest BCUT2D eigenvalue weighted by Gasteiger charge is 2.29. The smallest absolute Gasteiger partial charge is 0.265 e. The van der Waals surface area contributed by atoms with Gasteiger partial charge in [-0.1, -0.05) is 11.6 Å². The van der Waals surface area contributed by atoms with Crippen LogP contribution in [0.5, 0.6) is 17.2 Å². The molecule has 2 aromatic rings. The molecule has 1 aromatic carbocycles. The van der Waals surface area contributed by atoms with Gasteiger partial charge >= 0.3 is 0 Å². The van der Waals surface area contributed by atoms with Crippen LogP contribution in [-0.4, -0.2) is 78.5 Å². The van der Waals surface area contributed by atoms with E-state index in [4.69, 9.17) is 25.8 Å². The number of ether oxygens (including phenoxy) is 3. The Labute approximate surface area is 220 Å². The number of hydrazine groups is 1. The summed E-state index contributed by atoms with van der Waals surface area (Å²) in [5, 5.41) is 10.0. The van der Waals surface area contributed by atoms with Gasteiger partial charge in [0.05, 0.1) is 33.6 Å². The number of halogens is 1. The van der Waals surface area contributed by atoms with E-state index in [0.29, 0.717) is 59.6 Å². The zero-order valence-corrected chi connectivity index (χ0v) is 22.4. The number of carbonyl (C=O) groups excluding carboxylic acids is 3. The second-order valence-electron chi connectivity index (χ2n) is 8.39. The maximum absolute atomic E-state index is 12.8. The average Bonchev–Trinajstić information content (AvgIpc) is 3.48. The van der Waals surface area contributed by atoms with Gasteiger partial charge < -0.3 is 19.5 Å². The molecule has 12 heteroatoms. The fraction of sp³-hybridized carbons (Fsp3) is 0.440. The fourth-order valence-electron chi connectivity index (χ4n) is 4.07. The molecule has 0 bridgehead atoms. The van der Waals surface area contributed by atoms with Gasteiger partial charge in [-0.25, -0.2) is 10.0 Å². The number of aromatic nitrogens is 2. The molecule has 3 amide bonds. The number of nitrogens with zero attached hydrogens (tertiary/aromatic N) is 4. The molecule has 1 N–H and O–H groups in total. The van der Waals surface area contributed by atoms with Crippen LogP contribution in [0.25, 0.3) is 6.08 Å². The minimum atomic E-state index is -0.365. The van der Waals surface area contributed by atoms with E-state index in [1.807, 2.05) is 0 Å².